The molecule has 142 valence electrons. The number of hydrogen-bond acceptors (Lipinski definition) is 4. The van der Waals surface area contributed by atoms with Crippen molar-refractivity contribution in [2.75, 3.05) is 0 Å². The minimum Gasteiger partial charge on any atom is -1.00 e. The van der Waals surface area contributed by atoms with E-state index in [1.165, 1.54) is 16.3 Å². The molecule has 5 nitrogen and oxygen atoms in total. The average molecular weight is 504 g/mol. The molecule has 0 aliphatic heterocycles. The van der Waals surface area contributed by atoms with Gasteiger partial charge in [-0.05, 0) is 37.3 Å². The van der Waals surface area contributed by atoms with Gasteiger partial charge in [-0.3, -0.25) is 10.1 Å². The number of benzene rings is 2. The Morgan fingerprint density at radius 3 is 2.61 bits per heavy atom. The van der Waals surface area contributed by atoms with Crippen molar-refractivity contribution in [3.05, 3.63) is 81.5 Å². The average Bonchev–Trinajstić information content (AvgIpc) is 3.30. The highest BCUT2D eigenvalue weighted by Gasteiger charge is 2.18. The van der Waals surface area contributed by atoms with Gasteiger partial charge in [-0.2, -0.15) is 4.57 Å². The first kappa shape index (κ1) is 20.2. The zero-order valence-corrected chi connectivity index (χ0v) is 18.0. The monoisotopic (exact) mass is 504 g/mol. The van der Waals surface area contributed by atoms with Crippen LogP contribution in [0.1, 0.15) is 17.7 Å². The Bertz CT molecular complexity index is 1160. The number of thiazole rings is 1. The molecule has 0 N–H and O–H groups in total. The molecule has 0 amide bonds. The minimum absolute atomic E-state index is 0. The molecule has 2 aromatic heterocycles. The fourth-order valence-corrected chi connectivity index (χ4v) is 4.21. The predicted octanol–water partition coefficient (Wildman–Crippen LogP) is 2.55. The van der Waals surface area contributed by atoms with Crippen LogP contribution in [0.5, 0.6) is 0 Å². The molecule has 0 aliphatic carbocycles. The molecule has 0 unspecified atom stereocenters. The van der Waals surface area contributed by atoms with Gasteiger partial charge in [-0.15, -0.1) is 0 Å². The van der Waals surface area contributed by atoms with Crippen molar-refractivity contribution in [1.29, 1.82) is 0 Å². The van der Waals surface area contributed by atoms with Gasteiger partial charge in [-0.25, -0.2) is 0 Å². The zero-order valence-electron chi connectivity index (χ0n) is 15.0. The highest BCUT2D eigenvalue weighted by Crippen LogP contribution is 2.31. The van der Waals surface area contributed by atoms with E-state index in [4.69, 9.17) is 4.42 Å². The van der Waals surface area contributed by atoms with Gasteiger partial charge in [0.15, 0.2) is 0 Å². The summed E-state index contributed by atoms with van der Waals surface area (Å²) >= 11 is 1.72. The van der Waals surface area contributed by atoms with Crippen molar-refractivity contribution in [3.63, 3.8) is 0 Å². The summed E-state index contributed by atoms with van der Waals surface area (Å²) in [6.07, 6.45) is 3.92. The Balaban J connectivity index is 0.00000225. The molecule has 2 heterocycles. The molecule has 0 bridgehead atoms. The number of nitro benzene ring substituents is 1. The van der Waals surface area contributed by atoms with E-state index in [9.17, 15) is 10.1 Å². The molecule has 0 fully saturated rings. The number of rotatable bonds is 5. The maximum Gasteiger partial charge on any atom is 0.280 e. The molecular weight excluding hydrogens is 487 g/mol. The molecule has 28 heavy (non-hydrogen) atoms. The van der Waals surface area contributed by atoms with Crippen LogP contribution in [0.4, 0.5) is 5.69 Å². The van der Waals surface area contributed by atoms with Crippen LogP contribution < -0.4 is 28.5 Å². The number of fused-ring (bicyclic) bond motifs is 1. The van der Waals surface area contributed by atoms with Crippen molar-refractivity contribution in [1.82, 2.24) is 0 Å². The largest absolute Gasteiger partial charge is 1.00 e. The molecule has 4 rings (SSSR count). The van der Waals surface area contributed by atoms with Gasteiger partial charge in [0.1, 0.15) is 22.8 Å². The smallest absolute Gasteiger partial charge is 0.280 e. The highest BCUT2D eigenvalue weighted by molar-refractivity contribution is 7.18. The molecule has 7 heteroatoms. The number of halogens is 1. The van der Waals surface area contributed by atoms with Crippen molar-refractivity contribution in [2.24, 2.45) is 0 Å². The van der Waals surface area contributed by atoms with Crippen molar-refractivity contribution in [2.45, 2.75) is 13.5 Å². The number of nitro groups is 1. The predicted molar refractivity (Wildman–Crippen MR) is 107 cm³/mol. The third-order valence-electron chi connectivity index (χ3n) is 4.34. The first-order valence-electron chi connectivity index (χ1n) is 8.60. The fourth-order valence-electron chi connectivity index (χ4n) is 3.08. The number of aryl methyl sites for hydroxylation is 1. The summed E-state index contributed by atoms with van der Waals surface area (Å²) in [5, 5.41) is 12.3. The van der Waals surface area contributed by atoms with Gasteiger partial charge in [0, 0.05) is 18.2 Å². The third-order valence-corrected chi connectivity index (χ3v) is 5.47. The van der Waals surface area contributed by atoms with Gasteiger partial charge >= 0.3 is 0 Å². The normalized spacial score (nSPS) is 11.0. The standard InChI is InChI=1S/C21H17N2O3S.HI/c1-2-22-18-9-5-6-10-20(18)27-21(22)14-12-15-11-13-19(26-15)16-7-3-4-8-17(16)23(24)25;/h3-14H,2H2,1H3;1H/q+1;/p-1/b14-12+;. The minimum atomic E-state index is -0.394. The Hall–Kier alpha value is -2.52. The van der Waals surface area contributed by atoms with Crippen LogP contribution in [0.15, 0.2) is 65.1 Å². The Labute approximate surface area is 183 Å². The summed E-state index contributed by atoms with van der Waals surface area (Å²) in [5.74, 6) is 1.14. The SMILES string of the molecule is CC[n+]1c(/C=C/c2ccc(-c3ccccc3[N+](=O)[O-])o2)sc2ccccc21.[I-]. The highest BCUT2D eigenvalue weighted by atomic mass is 127. The van der Waals surface area contributed by atoms with E-state index in [0.717, 1.165) is 11.6 Å². The summed E-state index contributed by atoms with van der Waals surface area (Å²) in [6.45, 7) is 3.00. The number of hydrogen-bond donors (Lipinski definition) is 0. The number of para-hydroxylation sites is 2. The van der Waals surface area contributed by atoms with E-state index in [-0.39, 0.29) is 29.7 Å². The van der Waals surface area contributed by atoms with E-state index in [1.807, 2.05) is 30.4 Å². The van der Waals surface area contributed by atoms with Gasteiger partial charge in [-0.1, -0.05) is 35.6 Å². The quantitative estimate of drug-likeness (QED) is 0.182. The first-order valence-corrected chi connectivity index (χ1v) is 9.42. The summed E-state index contributed by atoms with van der Waals surface area (Å²) in [7, 11) is 0. The lowest BCUT2D eigenvalue weighted by Gasteiger charge is -1.98. The lowest BCUT2D eigenvalue weighted by Crippen LogP contribution is -3.00. The van der Waals surface area contributed by atoms with Crippen LogP contribution >= 0.6 is 11.3 Å². The van der Waals surface area contributed by atoms with E-state index >= 15 is 0 Å². The van der Waals surface area contributed by atoms with Gasteiger partial charge in [0.05, 0.1) is 10.5 Å². The second-order valence-corrected chi connectivity index (χ2v) is 7.02. The summed E-state index contributed by atoms with van der Waals surface area (Å²) in [5.41, 5.74) is 1.73. The molecular formula is C21H17IN2O3S. The van der Waals surface area contributed by atoms with Crippen molar-refractivity contribution in [3.8, 4) is 11.3 Å². The van der Waals surface area contributed by atoms with Crippen LogP contribution in [0.25, 0.3) is 33.7 Å². The fraction of sp³-hybridized carbons (Fsp3) is 0.0952. The maximum absolute atomic E-state index is 11.2. The summed E-state index contributed by atoms with van der Waals surface area (Å²) < 4.78 is 9.32. The van der Waals surface area contributed by atoms with E-state index in [0.29, 0.717) is 17.1 Å². The first-order chi connectivity index (χ1) is 13.2. The molecule has 2 aromatic carbocycles. The van der Waals surface area contributed by atoms with E-state index < -0.39 is 4.92 Å². The zero-order chi connectivity index (χ0) is 18.8. The topological polar surface area (TPSA) is 60.2 Å². The van der Waals surface area contributed by atoms with Crippen molar-refractivity contribution < 1.29 is 37.9 Å². The van der Waals surface area contributed by atoms with Crippen LogP contribution in [-0.2, 0) is 6.54 Å². The number of nitrogens with zero attached hydrogens (tertiary/aromatic N) is 2. The van der Waals surface area contributed by atoms with Crippen LogP contribution in [-0.4, -0.2) is 4.92 Å². The second kappa shape index (κ2) is 8.66. The number of aromatic nitrogens is 1. The van der Waals surface area contributed by atoms with E-state index in [2.05, 4.69) is 23.6 Å². The summed E-state index contributed by atoms with van der Waals surface area (Å²) in [6, 6.07) is 18.5. The lowest BCUT2D eigenvalue weighted by atomic mass is 10.1. The molecule has 0 atom stereocenters. The molecule has 0 saturated heterocycles. The Morgan fingerprint density at radius 2 is 1.82 bits per heavy atom. The molecule has 0 aliphatic rings. The van der Waals surface area contributed by atoms with Crippen molar-refractivity contribution >= 4 is 39.4 Å². The molecule has 0 radical (unpaired) electrons. The van der Waals surface area contributed by atoms with Gasteiger partial charge in [0.25, 0.3) is 10.7 Å². The van der Waals surface area contributed by atoms with Gasteiger partial charge in [0.2, 0.25) is 5.52 Å². The van der Waals surface area contributed by atoms with Crippen LogP contribution in [0, 0.1) is 10.1 Å². The van der Waals surface area contributed by atoms with Crippen LogP contribution in [0.2, 0.25) is 0 Å². The molecule has 4 aromatic rings. The Kier molecular flexibility index (Phi) is 6.25. The van der Waals surface area contributed by atoms with Gasteiger partial charge < -0.3 is 28.4 Å². The number of furan rings is 1. The van der Waals surface area contributed by atoms with Crippen LogP contribution in [0.3, 0.4) is 0 Å². The lowest BCUT2D eigenvalue weighted by molar-refractivity contribution is -0.665. The maximum atomic E-state index is 11.2. The Morgan fingerprint density at radius 1 is 1.07 bits per heavy atom. The third kappa shape index (κ3) is 3.85. The summed E-state index contributed by atoms with van der Waals surface area (Å²) in [4.78, 5) is 10.8. The molecule has 0 spiro atoms. The second-order valence-electron chi connectivity index (χ2n) is 5.96. The molecule has 0 saturated carbocycles. The van der Waals surface area contributed by atoms with E-state index in [1.54, 1.807) is 35.6 Å².